The van der Waals surface area contributed by atoms with Gasteiger partial charge in [-0.2, -0.15) is 0 Å². The number of nitrogens with zero attached hydrogens (tertiary/aromatic N) is 1. The molecular weight excluding hydrogens is 268 g/mol. The molecule has 21 heavy (non-hydrogen) atoms. The minimum atomic E-state index is -0.677. The quantitative estimate of drug-likeness (QED) is 0.531. The zero-order valence-corrected chi connectivity index (χ0v) is 13.6. The van der Waals surface area contributed by atoms with Gasteiger partial charge in [-0.25, -0.2) is 0 Å². The number of aliphatic hydroxyl groups is 2. The SMILES string of the molecule is CCCCCCCCCN1C[C@H](NC(C)=O)[C@@H](O)[C@@H]1CO. The minimum Gasteiger partial charge on any atom is -0.395 e. The Labute approximate surface area is 128 Å². The number of carbonyl (C=O) groups excluding carboxylic acids is 1. The molecule has 0 bridgehead atoms. The molecule has 0 aromatic rings. The third-order valence-corrected chi connectivity index (χ3v) is 4.33. The summed E-state index contributed by atoms with van der Waals surface area (Å²) in [6.07, 6.45) is 8.08. The van der Waals surface area contributed by atoms with Gasteiger partial charge < -0.3 is 15.5 Å². The number of amides is 1. The molecule has 0 aromatic carbocycles. The van der Waals surface area contributed by atoms with E-state index in [2.05, 4.69) is 17.1 Å². The fraction of sp³-hybridized carbons (Fsp3) is 0.938. The van der Waals surface area contributed by atoms with Crippen LogP contribution >= 0.6 is 0 Å². The maximum absolute atomic E-state index is 11.1. The number of likely N-dealkylation sites (tertiary alicyclic amines) is 1. The Morgan fingerprint density at radius 2 is 1.81 bits per heavy atom. The molecule has 1 amide bonds. The van der Waals surface area contributed by atoms with Gasteiger partial charge in [0.05, 0.1) is 24.8 Å². The maximum atomic E-state index is 11.1. The van der Waals surface area contributed by atoms with E-state index in [1.165, 1.54) is 45.4 Å². The molecule has 0 spiro atoms. The van der Waals surface area contributed by atoms with Gasteiger partial charge in [0.25, 0.3) is 0 Å². The standard InChI is InChI=1S/C16H32N2O3/c1-3-4-5-6-7-8-9-10-18-11-14(17-13(2)20)16(21)15(18)12-19/h14-16,19,21H,3-12H2,1-2H3,(H,17,20)/t14-,15-,16+/m0/s1. The highest BCUT2D eigenvalue weighted by Gasteiger charge is 2.40. The van der Waals surface area contributed by atoms with Gasteiger partial charge in [-0.3, -0.25) is 9.69 Å². The van der Waals surface area contributed by atoms with Crippen LogP contribution < -0.4 is 5.32 Å². The lowest BCUT2D eigenvalue weighted by molar-refractivity contribution is -0.120. The molecule has 0 unspecified atom stereocenters. The highest BCUT2D eigenvalue weighted by molar-refractivity contribution is 5.73. The van der Waals surface area contributed by atoms with Crippen molar-refractivity contribution in [1.29, 1.82) is 0 Å². The van der Waals surface area contributed by atoms with E-state index in [-0.39, 0.29) is 24.6 Å². The van der Waals surface area contributed by atoms with Crippen molar-refractivity contribution in [2.45, 2.75) is 77.0 Å². The van der Waals surface area contributed by atoms with Crippen LogP contribution in [-0.2, 0) is 4.79 Å². The number of hydrogen-bond donors (Lipinski definition) is 3. The highest BCUT2D eigenvalue weighted by Crippen LogP contribution is 2.19. The van der Waals surface area contributed by atoms with E-state index in [1.54, 1.807) is 0 Å². The number of hydrogen-bond acceptors (Lipinski definition) is 4. The van der Waals surface area contributed by atoms with Crippen LogP contribution in [0.15, 0.2) is 0 Å². The number of rotatable bonds is 10. The van der Waals surface area contributed by atoms with Crippen molar-refractivity contribution in [2.75, 3.05) is 19.7 Å². The third kappa shape index (κ3) is 6.32. The largest absolute Gasteiger partial charge is 0.395 e. The summed E-state index contributed by atoms with van der Waals surface area (Å²) in [5.41, 5.74) is 0. The van der Waals surface area contributed by atoms with Gasteiger partial charge >= 0.3 is 0 Å². The second kappa shape index (κ2) is 10.1. The Bertz CT molecular complexity index is 299. The number of unbranched alkanes of at least 4 members (excludes halogenated alkanes) is 6. The molecule has 1 saturated heterocycles. The average Bonchev–Trinajstić information content (AvgIpc) is 2.73. The first-order chi connectivity index (χ1) is 10.1. The number of nitrogens with one attached hydrogen (secondary N) is 1. The predicted molar refractivity (Wildman–Crippen MR) is 84.1 cm³/mol. The molecule has 0 aliphatic carbocycles. The summed E-state index contributed by atoms with van der Waals surface area (Å²) >= 11 is 0. The topological polar surface area (TPSA) is 72.8 Å². The van der Waals surface area contributed by atoms with E-state index in [4.69, 9.17) is 0 Å². The van der Waals surface area contributed by atoms with Crippen molar-refractivity contribution >= 4 is 5.91 Å². The molecule has 3 atom stereocenters. The Kier molecular flexibility index (Phi) is 8.88. The lowest BCUT2D eigenvalue weighted by Gasteiger charge is -2.23. The first-order valence-electron chi connectivity index (χ1n) is 8.40. The van der Waals surface area contributed by atoms with Crippen LogP contribution in [0, 0.1) is 0 Å². The molecule has 5 heteroatoms. The molecule has 0 radical (unpaired) electrons. The monoisotopic (exact) mass is 300 g/mol. The van der Waals surface area contributed by atoms with E-state index in [1.807, 2.05) is 0 Å². The smallest absolute Gasteiger partial charge is 0.217 e. The summed E-state index contributed by atoms with van der Waals surface area (Å²) in [5.74, 6) is -0.131. The van der Waals surface area contributed by atoms with E-state index in [0.717, 1.165) is 13.0 Å². The lowest BCUT2D eigenvalue weighted by atomic mass is 10.1. The zero-order valence-electron chi connectivity index (χ0n) is 13.6. The first kappa shape index (κ1) is 18.4. The summed E-state index contributed by atoms with van der Waals surface area (Å²) in [6.45, 7) is 5.13. The lowest BCUT2D eigenvalue weighted by Crippen LogP contribution is -2.44. The molecule has 1 aliphatic heterocycles. The van der Waals surface area contributed by atoms with Crippen molar-refractivity contribution < 1.29 is 15.0 Å². The second-order valence-electron chi connectivity index (χ2n) is 6.16. The van der Waals surface area contributed by atoms with Gasteiger partial charge in [-0.15, -0.1) is 0 Å². The van der Waals surface area contributed by atoms with E-state index >= 15 is 0 Å². The highest BCUT2D eigenvalue weighted by atomic mass is 16.3. The molecule has 1 heterocycles. The van der Waals surface area contributed by atoms with Gasteiger partial charge in [-0.1, -0.05) is 45.4 Å². The van der Waals surface area contributed by atoms with Gasteiger partial charge in [0.1, 0.15) is 0 Å². The molecule has 5 nitrogen and oxygen atoms in total. The Morgan fingerprint density at radius 3 is 2.38 bits per heavy atom. The Balaban J connectivity index is 2.25. The van der Waals surface area contributed by atoms with Crippen molar-refractivity contribution in [3.8, 4) is 0 Å². The van der Waals surface area contributed by atoms with Crippen LogP contribution in [-0.4, -0.2) is 58.9 Å². The maximum Gasteiger partial charge on any atom is 0.217 e. The van der Waals surface area contributed by atoms with E-state index < -0.39 is 6.10 Å². The molecule has 124 valence electrons. The molecule has 0 aromatic heterocycles. The van der Waals surface area contributed by atoms with Crippen molar-refractivity contribution in [2.24, 2.45) is 0 Å². The van der Waals surface area contributed by atoms with Crippen molar-refractivity contribution in [3.63, 3.8) is 0 Å². The van der Waals surface area contributed by atoms with Gasteiger partial charge in [0, 0.05) is 13.5 Å². The summed E-state index contributed by atoms with van der Waals surface area (Å²) in [6, 6.07) is -0.508. The Hall–Kier alpha value is -0.650. The second-order valence-corrected chi connectivity index (χ2v) is 6.16. The predicted octanol–water partition coefficient (Wildman–Crippen LogP) is 1.28. The molecule has 3 N–H and O–H groups in total. The molecule has 1 rings (SSSR count). The van der Waals surface area contributed by atoms with Crippen molar-refractivity contribution in [3.05, 3.63) is 0 Å². The minimum absolute atomic E-state index is 0.0618. The third-order valence-electron chi connectivity index (χ3n) is 4.33. The Morgan fingerprint density at radius 1 is 1.19 bits per heavy atom. The molecule has 1 fully saturated rings. The fourth-order valence-corrected chi connectivity index (χ4v) is 3.12. The van der Waals surface area contributed by atoms with Gasteiger partial charge in [-0.05, 0) is 13.0 Å². The number of carbonyl (C=O) groups is 1. The zero-order chi connectivity index (χ0) is 15.7. The molecular formula is C16H32N2O3. The van der Waals surface area contributed by atoms with Gasteiger partial charge in [0.2, 0.25) is 5.91 Å². The van der Waals surface area contributed by atoms with Crippen LogP contribution in [0.25, 0.3) is 0 Å². The van der Waals surface area contributed by atoms with Crippen LogP contribution in [0.2, 0.25) is 0 Å². The van der Waals surface area contributed by atoms with Gasteiger partial charge in [0.15, 0.2) is 0 Å². The summed E-state index contributed by atoms with van der Waals surface area (Å²) in [7, 11) is 0. The van der Waals surface area contributed by atoms with E-state index in [0.29, 0.717) is 6.54 Å². The van der Waals surface area contributed by atoms with Crippen LogP contribution in [0.1, 0.15) is 58.8 Å². The normalized spacial score (nSPS) is 26.2. The number of aliphatic hydroxyl groups excluding tert-OH is 2. The first-order valence-corrected chi connectivity index (χ1v) is 8.40. The molecule has 1 aliphatic rings. The summed E-state index contributed by atoms with van der Waals surface area (Å²) in [4.78, 5) is 13.2. The van der Waals surface area contributed by atoms with E-state index in [9.17, 15) is 15.0 Å². The fourth-order valence-electron chi connectivity index (χ4n) is 3.12. The summed E-state index contributed by atoms with van der Waals surface area (Å²) < 4.78 is 0. The van der Waals surface area contributed by atoms with Crippen LogP contribution in [0.3, 0.4) is 0 Å². The average molecular weight is 300 g/mol. The van der Waals surface area contributed by atoms with Crippen LogP contribution in [0.5, 0.6) is 0 Å². The molecule has 0 saturated carbocycles. The van der Waals surface area contributed by atoms with Crippen molar-refractivity contribution in [1.82, 2.24) is 10.2 Å². The summed E-state index contributed by atoms with van der Waals surface area (Å²) in [5, 5.41) is 22.4. The van der Waals surface area contributed by atoms with Crippen LogP contribution in [0.4, 0.5) is 0 Å².